The Balaban J connectivity index is 1.91. The van der Waals surface area contributed by atoms with E-state index in [4.69, 9.17) is 18.9 Å². The van der Waals surface area contributed by atoms with E-state index in [1.165, 1.54) is 11.1 Å². The summed E-state index contributed by atoms with van der Waals surface area (Å²) in [6.45, 7) is 2.73. The Bertz CT molecular complexity index is 855. The summed E-state index contributed by atoms with van der Waals surface area (Å²) in [5.74, 6) is 1.42. The third-order valence-electron chi connectivity index (χ3n) is 5.13. The fourth-order valence-electron chi connectivity index (χ4n) is 3.74. The molecule has 0 fully saturated rings. The fraction of sp³-hybridized carbons (Fsp3) is 0.364. The van der Waals surface area contributed by atoms with E-state index in [-0.39, 0.29) is 0 Å². The maximum atomic E-state index is 6.52. The van der Waals surface area contributed by atoms with Crippen LogP contribution in [0.15, 0.2) is 36.4 Å². The summed E-state index contributed by atoms with van der Waals surface area (Å²) in [5, 5.41) is 0. The van der Waals surface area contributed by atoms with Gasteiger partial charge >= 0.3 is 0 Å². The zero-order valence-electron chi connectivity index (χ0n) is 15.5. The molecule has 0 N–H and O–H groups in total. The lowest BCUT2D eigenvalue weighted by Crippen LogP contribution is -2.44. The van der Waals surface area contributed by atoms with E-state index in [0.717, 1.165) is 41.9 Å². The molecule has 2 aliphatic heterocycles. The molecule has 0 radical (unpaired) electrons. The number of methoxy groups -OCH3 is 2. The number of benzene rings is 2. The largest absolute Gasteiger partial charge is 0.496 e. The van der Waals surface area contributed by atoms with E-state index in [0.29, 0.717) is 12.4 Å². The summed E-state index contributed by atoms with van der Waals surface area (Å²) in [4.78, 5) is 0. The van der Waals surface area contributed by atoms with Crippen molar-refractivity contribution in [2.75, 3.05) is 14.2 Å². The van der Waals surface area contributed by atoms with Gasteiger partial charge < -0.3 is 18.9 Å². The molecule has 26 heavy (non-hydrogen) atoms. The molecule has 4 nitrogen and oxygen atoms in total. The van der Waals surface area contributed by atoms with Gasteiger partial charge in [0.15, 0.2) is 0 Å². The SMILES string of the molecule is CCCCC12OCc3ccccc3C1=Cc1c(OC)cc(OC)cc1O2. The highest BCUT2D eigenvalue weighted by Gasteiger charge is 2.45. The third-order valence-corrected chi connectivity index (χ3v) is 5.13. The highest BCUT2D eigenvalue weighted by Crippen LogP contribution is 2.50. The van der Waals surface area contributed by atoms with Crippen LogP contribution < -0.4 is 14.2 Å². The molecule has 2 aliphatic rings. The lowest BCUT2D eigenvalue weighted by molar-refractivity contribution is -0.158. The van der Waals surface area contributed by atoms with Gasteiger partial charge in [-0.1, -0.05) is 37.6 Å². The highest BCUT2D eigenvalue weighted by atomic mass is 16.7. The Morgan fingerprint density at radius 1 is 1.12 bits per heavy atom. The first kappa shape index (κ1) is 17.0. The van der Waals surface area contributed by atoms with Gasteiger partial charge in [-0.15, -0.1) is 0 Å². The van der Waals surface area contributed by atoms with Crippen molar-refractivity contribution in [1.82, 2.24) is 0 Å². The Kier molecular flexibility index (Phi) is 4.37. The van der Waals surface area contributed by atoms with Crippen LogP contribution in [-0.2, 0) is 11.3 Å². The Labute approximate surface area is 154 Å². The van der Waals surface area contributed by atoms with Crippen molar-refractivity contribution in [3.8, 4) is 17.2 Å². The van der Waals surface area contributed by atoms with Gasteiger partial charge in [0.1, 0.15) is 17.2 Å². The van der Waals surface area contributed by atoms with Crippen molar-refractivity contribution in [2.24, 2.45) is 0 Å². The standard InChI is InChI=1S/C22H24O4/c1-4-5-10-22-19(17-9-7-6-8-15(17)14-25-22)13-18-20(24-3)11-16(23-2)12-21(18)26-22/h6-9,11-13H,4-5,10,14H2,1-3H3. The first-order chi connectivity index (χ1) is 12.7. The van der Waals surface area contributed by atoms with Gasteiger partial charge in [-0.3, -0.25) is 0 Å². The van der Waals surface area contributed by atoms with Crippen LogP contribution in [0.2, 0.25) is 0 Å². The Morgan fingerprint density at radius 3 is 2.73 bits per heavy atom. The first-order valence-electron chi connectivity index (χ1n) is 9.10. The van der Waals surface area contributed by atoms with E-state index in [1.54, 1.807) is 14.2 Å². The van der Waals surface area contributed by atoms with Crippen molar-refractivity contribution in [3.63, 3.8) is 0 Å². The molecule has 4 rings (SSSR count). The second-order valence-corrected chi connectivity index (χ2v) is 6.70. The molecule has 0 amide bonds. The zero-order chi connectivity index (χ0) is 18.1. The van der Waals surface area contributed by atoms with Gasteiger partial charge in [-0.05, 0) is 23.6 Å². The summed E-state index contributed by atoms with van der Waals surface area (Å²) in [6, 6.07) is 12.2. The molecule has 4 heteroatoms. The molecule has 0 saturated carbocycles. The normalized spacial score (nSPS) is 20.2. The van der Waals surface area contributed by atoms with Crippen LogP contribution in [0.5, 0.6) is 17.2 Å². The summed E-state index contributed by atoms with van der Waals surface area (Å²) < 4.78 is 23.8. The average Bonchev–Trinajstić information content (AvgIpc) is 2.69. The fourth-order valence-corrected chi connectivity index (χ4v) is 3.74. The second kappa shape index (κ2) is 6.69. The lowest BCUT2D eigenvalue weighted by Gasteiger charge is -2.43. The predicted molar refractivity (Wildman–Crippen MR) is 102 cm³/mol. The molecule has 136 valence electrons. The van der Waals surface area contributed by atoms with E-state index in [2.05, 4.69) is 31.2 Å². The van der Waals surface area contributed by atoms with Crippen LogP contribution in [0.25, 0.3) is 11.6 Å². The minimum atomic E-state index is -0.755. The molecule has 0 bridgehead atoms. The first-order valence-corrected chi connectivity index (χ1v) is 9.10. The lowest BCUT2D eigenvalue weighted by atomic mass is 9.85. The molecule has 2 heterocycles. The number of ether oxygens (including phenoxy) is 4. The van der Waals surface area contributed by atoms with E-state index in [9.17, 15) is 0 Å². The zero-order valence-corrected chi connectivity index (χ0v) is 15.5. The number of fused-ring (bicyclic) bond motifs is 4. The van der Waals surface area contributed by atoms with Crippen LogP contribution >= 0.6 is 0 Å². The Hall–Kier alpha value is -2.46. The summed E-state index contributed by atoms with van der Waals surface area (Å²) in [7, 11) is 3.31. The maximum absolute atomic E-state index is 6.52. The third kappa shape index (κ3) is 2.65. The van der Waals surface area contributed by atoms with E-state index in [1.807, 2.05) is 18.2 Å². The average molecular weight is 352 g/mol. The number of unbranched alkanes of at least 4 members (excludes halogenated alkanes) is 1. The van der Waals surface area contributed by atoms with Crippen molar-refractivity contribution in [3.05, 3.63) is 53.1 Å². The van der Waals surface area contributed by atoms with Gasteiger partial charge in [0, 0.05) is 24.1 Å². The van der Waals surface area contributed by atoms with E-state index < -0.39 is 5.79 Å². The molecule has 0 aromatic heterocycles. The molecule has 2 aromatic rings. The van der Waals surface area contributed by atoms with Gasteiger partial charge in [0.2, 0.25) is 5.79 Å². The minimum absolute atomic E-state index is 0.549. The number of hydrogen-bond acceptors (Lipinski definition) is 4. The second-order valence-electron chi connectivity index (χ2n) is 6.70. The monoisotopic (exact) mass is 352 g/mol. The van der Waals surface area contributed by atoms with Crippen molar-refractivity contribution in [2.45, 2.75) is 38.6 Å². The van der Waals surface area contributed by atoms with Crippen LogP contribution in [0.3, 0.4) is 0 Å². The van der Waals surface area contributed by atoms with Gasteiger partial charge in [0.05, 0.1) is 26.4 Å². The summed E-state index contributed by atoms with van der Waals surface area (Å²) >= 11 is 0. The minimum Gasteiger partial charge on any atom is -0.496 e. The molecule has 0 saturated heterocycles. The molecule has 1 unspecified atom stereocenters. The molecular weight excluding hydrogens is 328 g/mol. The predicted octanol–water partition coefficient (Wildman–Crippen LogP) is 5.05. The topological polar surface area (TPSA) is 36.9 Å². The van der Waals surface area contributed by atoms with Crippen LogP contribution in [-0.4, -0.2) is 20.0 Å². The number of rotatable bonds is 5. The Morgan fingerprint density at radius 2 is 1.96 bits per heavy atom. The van der Waals surface area contributed by atoms with Crippen LogP contribution in [0.1, 0.15) is 42.9 Å². The number of hydrogen-bond donors (Lipinski definition) is 0. The smallest absolute Gasteiger partial charge is 0.238 e. The van der Waals surface area contributed by atoms with Crippen molar-refractivity contribution < 1.29 is 18.9 Å². The van der Waals surface area contributed by atoms with E-state index >= 15 is 0 Å². The quantitative estimate of drug-likeness (QED) is 0.754. The molecular formula is C22H24O4. The molecule has 1 atom stereocenters. The van der Waals surface area contributed by atoms with Gasteiger partial charge in [0.25, 0.3) is 0 Å². The van der Waals surface area contributed by atoms with Crippen LogP contribution in [0, 0.1) is 0 Å². The van der Waals surface area contributed by atoms with Gasteiger partial charge in [-0.2, -0.15) is 0 Å². The maximum Gasteiger partial charge on any atom is 0.238 e. The summed E-state index contributed by atoms with van der Waals surface area (Å²) in [6.07, 6.45) is 5.07. The molecule has 0 aliphatic carbocycles. The van der Waals surface area contributed by atoms with Crippen molar-refractivity contribution >= 4 is 11.6 Å². The van der Waals surface area contributed by atoms with Crippen LogP contribution in [0.4, 0.5) is 0 Å². The van der Waals surface area contributed by atoms with Crippen molar-refractivity contribution in [1.29, 1.82) is 0 Å². The molecule has 2 aromatic carbocycles. The van der Waals surface area contributed by atoms with Gasteiger partial charge in [-0.25, -0.2) is 0 Å². The molecule has 0 spiro atoms. The highest BCUT2D eigenvalue weighted by molar-refractivity contribution is 5.92. The summed E-state index contributed by atoms with van der Waals surface area (Å²) in [5.41, 5.74) is 4.38.